The van der Waals surface area contributed by atoms with Gasteiger partial charge in [0, 0.05) is 14.0 Å². The van der Waals surface area contributed by atoms with Gasteiger partial charge in [0.1, 0.15) is 0 Å². The summed E-state index contributed by atoms with van der Waals surface area (Å²) in [6, 6.07) is 24.9. The molecule has 5 nitrogen and oxygen atoms in total. The Morgan fingerprint density at radius 2 is 1.86 bits per heavy atom. The Morgan fingerprint density at radius 3 is 2.54 bits per heavy atom. The van der Waals surface area contributed by atoms with Crippen molar-refractivity contribution in [2.75, 3.05) is 12.9 Å². The van der Waals surface area contributed by atoms with Crippen LogP contribution in [0.25, 0.3) is 11.8 Å². The van der Waals surface area contributed by atoms with Crippen molar-refractivity contribution in [3.8, 4) is 0 Å². The van der Waals surface area contributed by atoms with Crippen LogP contribution in [0.3, 0.4) is 0 Å². The van der Waals surface area contributed by atoms with Crippen LogP contribution >= 0.6 is 45.7 Å². The van der Waals surface area contributed by atoms with E-state index in [0.717, 1.165) is 25.2 Å². The van der Waals surface area contributed by atoms with E-state index in [0.29, 0.717) is 20.6 Å². The number of halogens is 1. The highest BCUT2D eigenvalue weighted by Crippen LogP contribution is 2.35. The van der Waals surface area contributed by atoms with E-state index >= 15 is 0 Å². The molecule has 2 heterocycles. The van der Waals surface area contributed by atoms with Gasteiger partial charge in [-0.25, -0.2) is 9.79 Å². The lowest BCUT2D eigenvalue weighted by Crippen LogP contribution is -2.40. The molecule has 3 aromatic carbocycles. The van der Waals surface area contributed by atoms with Gasteiger partial charge in [0.25, 0.3) is 5.56 Å². The van der Waals surface area contributed by atoms with E-state index in [9.17, 15) is 9.59 Å². The number of fused-ring (bicyclic) bond motifs is 1. The molecule has 5 rings (SSSR count). The first-order valence-electron chi connectivity index (χ1n) is 11.7. The van der Waals surface area contributed by atoms with Crippen molar-refractivity contribution < 1.29 is 9.53 Å². The Hall–Kier alpha value is -2.95. The van der Waals surface area contributed by atoms with Crippen molar-refractivity contribution in [1.82, 2.24) is 4.57 Å². The Bertz CT molecular complexity index is 1670. The molecule has 0 N–H and O–H groups in total. The van der Waals surface area contributed by atoms with Crippen LogP contribution in [-0.4, -0.2) is 23.4 Å². The lowest BCUT2D eigenvalue weighted by Gasteiger charge is -2.26. The number of esters is 1. The summed E-state index contributed by atoms with van der Waals surface area (Å²) in [7, 11) is 0. The maximum absolute atomic E-state index is 13.9. The molecule has 1 atom stereocenters. The zero-order valence-electron chi connectivity index (χ0n) is 20.2. The van der Waals surface area contributed by atoms with Gasteiger partial charge in [0.2, 0.25) is 0 Å². The number of benzene rings is 3. The van der Waals surface area contributed by atoms with Gasteiger partial charge in [-0.05, 0) is 77.2 Å². The van der Waals surface area contributed by atoms with E-state index < -0.39 is 12.0 Å². The van der Waals surface area contributed by atoms with E-state index in [2.05, 4.69) is 22.6 Å². The fourth-order valence-electron chi connectivity index (χ4n) is 4.29. The van der Waals surface area contributed by atoms with E-state index in [1.165, 1.54) is 11.3 Å². The van der Waals surface area contributed by atoms with Gasteiger partial charge in [0.15, 0.2) is 4.80 Å². The summed E-state index contributed by atoms with van der Waals surface area (Å²) in [4.78, 5) is 33.9. The Kier molecular flexibility index (Phi) is 7.78. The maximum atomic E-state index is 13.9. The number of hydrogen-bond donors (Lipinski definition) is 0. The summed E-state index contributed by atoms with van der Waals surface area (Å²) in [6.07, 6.45) is 3.90. The van der Waals surface area contributed by atoms with Gasteiger partial charge in [0.05, 0.1) is 28.5 Å². The molecule has 0 saturated heterocycles. The van der Waals surface area contributed by atoms with E-state index in [1.807, 2.05) is 91.2 Å². The fraction of sp³-hybridized carbons (Fsp3) is 0.138. The minimum atomic E-state index is -0.667. The first kappa shape index (κ1) is 25.7. The van der Waals surface area contributed by atoms with Crippen molar-refractivity contribution in [1.29, 1.82) is 0 Å². The molecule has 0 saturated carbocycles. The summed E-state index contributed by atoms with van der Waals surface area (Å²) >= 11 is 5.23. The smallest absolute Gasteiger partial charge is 0.338 e. The van der Waals surface area contributed by atoms with Gasteiger partial charge in [-0.2, -0.15) is 0 Å². The van der Waals surface area contributed by atoms with Gasteiger partial charge in [-0.15, -0.1) is 11.8 Å². The minimum absolute atomic E-state index is 0.185. The molecular weight excluding hydrogens is 615 g/mol. The number of aromatic nitrogens is 1. The third-order valence-electron chi connectivity index (χ3n) is 5.95. The first-order valence-corrected chi connectivity index (χ1v) is 14.8. The Balaban J connectivity index is 1.82. The van der Waals surface area contributed by atoms with Gasteiger partial charge in [-0.3, -0.25) is 9.36 Å². The van der Waals surface area contributed by atoms with Crippen LogP contribution in [0, 0.1) is 3.57 Å². The van der Waals surface area contributed by atoms with E-state index in [4.69, 9.17) is 9.73 Å². The lowest BCUT2D eigenvalue weighted by molar-refractivity contribution is -0.138. The highest BCUT2D eigenvalue weighted by atomic mass is 127. The van der Waals surface area contributed by atoms with Crippen molar-refractivity contribution in [3.05, 3.63) is 124 Å². The van der Waals surface area contributed by atoms with Crippen molar-refractivity contribution in [2.24, 2.45) is 4.99 Å². The molecule has 0 fully saturated rings. The second kappa shape index (κ2) is 11.2. The molecule has 186 valence electrons. The number of thioether (sulfide) groups is 1. The fourth-order valence-corrected chi connectivity index (χ4v) is 6.27. The number of rotatable bonds is 6. The molecule has 37 heavy (non-hydrogen) atoms. The van der Waals surface area contributed by atoms with Crippen molar-refractivity contribution in [2.45, 2.75) is 17.9 Å². The molecule has 1 aromatic heterocycles. The largest absolute Gasteiger partial charge is 0.463 e. The molecule has 1 aliphatic heterocycles. The topological polar surface area (TPSA) is 60.7 Å². The van der Waals surface area contributed by atoms with Gasteiger partial charge >= 0.3 is 5.97 Å². The van der Waals surface area contributed by atoms with Crippen LogP contribution in [0.4, 0.5) is 0 Å². The van der Waals surface area contributed by atoms with E-state index in [-0.39, 0.29) is 12.2 Å². The number of carbonyl (C=O) groups excluding carboxylic acids is 1. The summed E-state index contributed by atoms with van der Waals surface area (Å²) in [6.45, 7) is 2.00. The molecule has 0 aliphatic carbocycles. The summed E-state index contributed by atoms with van der Waals surface area (Å²) < 4.78 is 8.80. The predicted octanol–water partition coefficient (Wildman–Crippen LogP) is 5.26. The number of carbonyl (C=O) groups is 1. The molecule has 0 amide bonds. The first-order chi connectivity index (χ1) is 18.0. The van der Waals surface area contributed by atoms with Gasteiger partial charge in [-0.1, -0.05) is 65.9 Å². The SMILES string of the molecule is CCOC(=O)C1=C(c2ccccc2)N=c2s/c(=C/c3cccc(I)c3)c(=O)n2[C@H]1c1ccc(SC)cc1. The zero-order chi connectivity index (χ0) is 25.9. The molecule has 0 radical (unpaired) electrons. The molecule has 8 heteroatoms. The molecule has 0 unspecified atom stereocenters. The highest BCUT2D eigenvalue weighted by Gasteiger charge is 2.35. The van der Waals surface area contributed by atoms with Crippen LogP contribution in [0.1, 0.15) is 29.7 Å². The standard InChI is InChI=1S/C29H23IN2O3S2/c1-3-35-28(34)24-25(19-9-5-4-6-10-19)31-29-32(26(24)20-12-14-22(36-2)15-13-20)27(33)23(37-29)17-18-8-7-11-21(30)16-18/h4-17,26H,3H2,1-2H3/b23-17+/t26-/m0/s1. The summed E-state index contributed by atoms with van der Waals surface area (Å²) in [5, 5.41) is 0. The highest BCUT2D eigenvalue weighted by molar-refractivity contribution is 14.1. The van der Waals surface area contributed by atoms with Crippen molar-refractivity contribution in [3.63, 3.8) is 0 Å². The summed E-state index contributed by atoms with van der Waals surface area (Å²) in [5.41, 5.74) is 3.26. The Morgan fingerprint density at radius 1 is 1.11 bits per heavy atom. The third kappa shape index (κ3) is 5.23. The molecule has 0 bridgehead atoms. The molecule has 0 spiro atoms. The lowest BCUT2D eigenvalue weighted by atomic mass is 9.93. The second-order valence-corrected chi connectivity index (χ2v) is 11.4. The maximum Gasteiger partial charge on any atom is 0.338 e. The number of nitrogens with zero attached hydrogens (tertiary/aromatic N) is 2. The third-order valence-corrected chi connectivity index (χ3v) is 8.35. The molecular formula is C29H23IN2O3S2. The van der Waals surface area contributed by atoms with Crippen molar-refractivity contribution >= 4 is 63.4 Å². The predicted molar refractivity (Wildman–Crippen MR) is 158 cm³/mol. The van der Waals surface area contributed by atoms with E-state index in [1.54, 1.807) is 23.3 Å². The summed E-state index contributed by atoms with van der Waals surface area (Å²) in [5.74, 6) is -0.476. The van der Waals surface area contributed by atoms with Gasteiger partial charge < -0.3 is 4.74 Å². The van der Waals surface area contributed by atoms with Crippen LogP contribution in [-0.2, 0) is 9.53 Å². The van der Waals surface area contributed by atoms with Crippen LogP contribution < -0.4 is 14.9 Å². The second-order valence-electron chi connectivity index (χ2n) is 8.26. The minimum Gasteiger partial charge on any atom is -0.463 e. The Labute approximate surface area is 236 Å². The normalized spacial score (nSPS) is 15.3. The van der Waals surface area contributed by atoms with Crippen LogP contribution in [0.15, 0.2) is 99.1 Å². The quantitative estimate of drug-likeness (QED) is 0.164. The average Bonchev–Trinajstić information content (AvgIpc) is 3.22. The van der Waals surface area contributed by atoms with Crippen LogP contribution in [0.5, 0.6) is 0 Å². The number of thiazole rings is 1. The average molecular weight is 639 g/mol. The number of hydrogen-bond acceptors (Lipinski definition) is 6. The monoisotopic (exact) mass is 638 g/mol. The van der Waals surface area contributed by atoms with Crippen LogP contribution in [0.2, 0.25) is 0 Å². The molecule has 1 aliphatic rings. The zero-order valence-corrected chi connectivity index (χ0v) is 24.0. The molecule has 4 aromatic rings. The number of ether oxygens (including phenoxy) is 1.